The van der Waals surface area contributed by atoms with Crippen LogP contribution in [0, 0.1) is 6.92 Å². The Bertz CT molecular complexity index is 558. The number of aromatic hydroxyl groups is 1. The van der Waals surface area contributed by atoms with Crippen molar-refractivity contribution in [2.75, 3.05) is 0 Å². The third kappa shape index (κ3) is 3.84. The molecule has 0 aliphatic carbocycles. The van der Waals surface area contributed by atoms with Gasteiger partial charge >= 0.3 is 0 Å². The van der Waals surface area contributed by atoms with E-state index >= 15 is 0 Å². The van der Waals surface area contributed by atoms with Gasteiger partial charge in [-0.25, -0.2) is 0 Å². The maximum absolute atomic E-state index is 9.79. The molecule has 0 heterocycles. The van der Waals surface area contributed by atoms with Crippen LogP contribution in [0.4, 0.5) is 0 Å². The molecule has 0 bridgehead atoms. The summed E-state index contributed by atoms with van der Waals surface area (Å²) in [5, 5.41) is 13.2. The second-order valence-electron chi connectivity index (χ2n) is 5.63. The minimum Gasteiger partial charge on any atom is -0.508 e. The lowest BCUT2D eigenvalue weighted by atomic mass is 10.0. The molecule has 2 nitrogen and oxygen atoms in total. The Morgan fingerprint density at radius 3 is 2.35 bits per heavy atom. The van der Waals surface area contributed by atoms with Crippen molar-refractivity contribution >= 4 is 0 Å². The van der Waals surface area contributed by atoms with Crippen molar-refractivity contribution in [1.82, 2.24) is 5.32 Å². The van der Waals surface area contributed by atoms with Gasteiger partial charge in [-0.2, -0.15) is 0 Å². The third-order valence-electron chi connectivity index (χ3n) is 3.53. The molecule has 0 aromatic heterocycles. The molecule has 0 radical (unpaired) electrons. The fourth-order valence-corrected chi connectivity index (χ4v) is 2.22. The second kappa shape index (κ2) is 6.58. The van der Waals surface area contributed by atoms with Crippen LogP contribution in [-0.2, 0) is 13.1 Å². The highest BCUT2D eigenvalue weighted by molar-refractivity contribution is 5.35. The predicted molar refractivity (Wildman–Crippen MR) is 83.9 cm³/mol. The highest BCUT2D eigenvalue weighted by Gasteiger charge is 2.02. The first-order valence-corrected chi connectivity index (χ1v) is 7.14. The zero-order valence-corrected chi connectivity index (χ0v) is 12.5. The molecule has 2 aromatic rings. The number of rotatable bonds is 5. The van der Waals surface area contributed by atoms with Gasteiger partial charge in [0.05, 0.1) is 0 Å². The fraction of sp³-hybridized carbons (Fsp3) is 0.333. The lowest BCUT2D eigenvalue weighted by Gasteiger charge is -2.09. The molecular weight excluding hydrogens is 246 g/mol. The number of phenolic OH excluding ortho intramolecular Hbond substituents is 1. The largest absolute Gasteiger partial charge is 0.508 e. The third-order valence-corrected chi connectivity index (χ3v) is 3.53. The summed E-state index contributed by atoms with van der Waals surface area (Å²) >= 11 is 0. The van der Waals surface area contributed by atoms with Crippen LogP contribution in [0.15, 0.2) is 42.5 Å². The van der Waals surface area contributed by atoms with Crippen molar-refractivity contribution in [2.45, 2.75) is 39.8 Å². The summed E-state index contributed by atoms with van der Waals surface area (Å²) in [5.74, 6) is 0.930. The molecule has 0 aliphatic rings. The monoisotopic (exact) mass is 269 g/mol. The first-order chi connectivity index (χ1) is 9.56. The van der Waals surface area contributed by atoms with Crippen LogP contribution in [0.25, 0.3) is 0 Å². The number of hydrogen-bond acceptors (Lipinski definition) is 2. The minimum atomic E-state index is 0.359. The molecule has 2 N–H and O–H groups in total. The van der Waals surface area contributed by atoms with Gasteiger partial charge in [0, 0.05) is 18.7 Å². The standard InChI is InChI=1S/C18H23NO/c1-13(2)16-7-5-15(6-8-16)11-19-12-17-10-14(3)4-9-18(17)20/h4-10,13,19-20H,11-12H2,1-3H3. The molecule has 2 rings (SSSR count). The number of hydrogen-bond donors (Lipinski definition) is 2. The first kappa shape index (κ1) is 14.6. The van der Waals surface area contributed by atoms with Gasteiger partial charge in [0.25, 0.3) is 0 Å². The van der Waals surface area contributed by atoms with E-state index in [-0.39, 0.29) is 0 Å². The summed E-state index contributed by atoms with van der Waals surface area (Å²) < 4.78 is 0. The number of nitrogens with one attached hydrogen (secondary N) is 1. The van der Waals surface area contributed by atoms with Gasteiger partial charge in [0.1, 0.15) is 5.75 Å². The van der Waals surface area contributed by atoms with E-state index in [9.17, 15) is 5.11 Å². The van der Waals surface area contributed by atoms with Gasteiger partial charge < -0.3 is 10.4 Å². The van der Waals surface area contributed by atoms with E-state index in [0.717, 1.165) is 12.1 Å². The van der Waals surface area contributed by atoms with E-state index < -0.39 is 0 Å². The topological polar surface area (TPSA) is 32.3 Å². The van der Waals surface area contributed by atoms with Crippen LogP contribution in [0.5, 0.6) is 5.75 Å². The molecule has 2 heteroatoms. The zero-order valence-electron chi connectivity index (χ0n) is 12.5. The number of benzene rings is 2. The molecule has 106 valence electrons. The van der Waals surface area contributed by atoms with Gasteiger partial charge in [0.2, 0.25) is 0 Å². The van der Waals surface area contributed by atoms with Gasteiger partial charge in [0.15, 0.2) is 0 Å². The Hall–Kier alpha value is -1.80. The maximum Gasteiger partial charge on any atom is 0.120 e. The average molecular weight is 269 g/mol. The Morgan fingerprint density at radius 1 is 1.00 bits per heavy atom. The van der Waals surface area contributed by atoms with E-state index in [1.54, 1.807) is 6.07 Å². The lowest BCUT2D eigenvalue weighted by Crippen LogP contribution is -2.12. The first-order valence-electron chi connectivity index (χ1n) is 7.14. The molecule has 0 saturated carbocycles. The molecule has 0 fully saturated rings. The van der Waals surface area contributed by atoms with Crippen molar-refractivity contribution < 1.29 is 5.11 Å². The van der Waals surface area contributed by atoms with Gasteiger partial charge in [-0.15, -0.1) is 0 Å². The molecule has 20 heavy (non-hydrogen) atoms. The van der Waals surface area contributed by atoms with Crippen LogP contribution < -0.4 is 5.32 Å². The summed E-state index contributed by atoms with van der Waals surface area (Å²) in [5.41, 5.74) is 4.75. The predicted octanol–water partition coefficient (Wildman–Crippen LogP) is 4.11. The Morgan fingerprint density at radius 2 is 1.70 bits per heavy atom. The summed E-state index contributed by atoms with van der Waals surface area (Å²) in [7, 11) is 0. The molecule has 0 spiro atoms. The Kier molecular flexibility index (Phi) is 4.80. The van der Waals surface area contributed by atoms with Crippen molar-refractivity contribution in [3.05, 3.63) is 64.7 Å². The van der Waals surface area contributed by atoms with Gasteiger partial charge in [-0.3, -0.25) is 0 Å². The van der Waals surface area contributed by atoms with Crippen LogP contribution in [-0.4, -0.2) is 5.11 Å². The maximum atomic E-state index is 9.79. The molecule has 0 aliphatic heterocycles. The van der Waals surface area contributed by atoms with E-state index in [0.29, 0.717) is 18.2 Å². The van der Waals surface area contributed by atoms with Gasteiger partial charge in [-0.05, 0) is 30.0 Å². The van der Waals surface area contributed by atoms with Crippen molar-refractivity contribution in [2.24, 2.45) is 0 Å². The van der Waals surface area contributed by atoms with Crippen LogP contribution in [0.2, 0.25) is 0 Å². The normalized spacial score (nSPS) is 11.0. The summed E-state index contributed by atoms with van der Waals surface area (Å²) in [6.45, 7) is 7.93. The smallest absolute Gasteiger partial charge is 0.120 e. The molecule has 0 atom stereocenters. The van der Waals surface area contributed by atoms with Crippen molar-refractivity contribution in [3.8, 4) is 5.75 Å². The Balaban J connectivity index is 1.91. The van der Waals surface area contributed by atoms with Crippen LogP contribution >= 0.6 is 0 Å². The zero-order chi connectivity index (χ0) is 14.5. The van der Waals surface area contributed by atoms with Gasteiger partial charge in [-0.1, -0.05) is 55.8 Å². The second-order valence-corrected chi connectivity index (χ2v) is 5.63. The molecule has 2 aromatic carbocycles. The average Bonchev–Trinajstić information content (AvgIpc) is 2.43. The SMILES string of the molecule is Cc1ccc(O)c(CNCc2ccc(C(C)C)cc2)c1. The van der Waals surface area contributed by atoms with Crippen molar-refractivity contribution in [3.63, 3.8) is 0 Å². The van der Waals surface area contributed by atoms with E-state index in [4.69, 9.17) is 0 Å². The van der Waals surface area contributed by atoms with E-state index in [2.05, 4.69) is 43.4 Å². The molecule has 0 saturated heterocycles. The Labute approximate surface area is 121 Å². The van der Waals surface area contributed by atoms with E-state index in [1.807, 2.05) is 19.1 Å². The van der Waals surface area contributed by atoms with E-state index in [1.165, 1.54) is 16.7 Å². The number of aryl methyl sites for hydroxylation is 1. The summed E-state index contributed by atoms with van der Waals surface area (Å²) in [4.78, 5) is 0. The molecule has 0 amide bonds. The molecular formula is C18H23NO. The van der Waals surface area contributed by atoms with Crippen molar-refractivity contribution in [1.29, 1.82) is 0 Å². The van der Waals surface area contributed by atoms with Crippen LogP contribution in [0.1, 0.15) is 42.0 Å². The minimum absolute atomic E-state index is 0.359. The quantitative estimate of drug-likeness (QED) is 0.856. The summed E-state index contributed by atoms with van der Waals surface area (Å²) in [6, 6.07) is 14.4. The summed E-state index contributed by atoms with van der Waals surface area (Å²) in [6.07, 6.45) is 0. The number of phenols is 1. The highest BCUT2D eigenvalue weighted by Crippen LogP contribution is 2.18. The fourth-order valence-electron chi connectivity index (χ4n) is 2.22. The highest BCUT2D eigenvalue weighted by atomic mass is 16.3. The van der Waals surface area contributed by atoms with Crippen LogP contribution in [0.3, 0.4) is 0 Å². The molecule has 0 unspecified atom stereocenters. The lowest BCUT2D eigenvalue weighted by molar-refractivity contribution is 0.464.